The van der Waals surface area contributed by atoms with E-state index < -0.39 is 5.54 Å². The molecular formula is C23H26N4O3. The van der Waals surface area contributed by atoms with Crippen molar-refractivity contribution in [2.75, 3.05) is 19.8 Å². The summed E-state index contributed by atoms with van der Waals surface area (Å²) in [5, 5.41) is 5.92. The quantitative estimate of drug-likeness (QED) is 0.747. The first kappa shape index (κ1) is 20.1. The average molecular weight is 406 g/mol. The molecule has 2 aromatic rings. The number of amides is 4. The summed E-state index contributed by atoms with van der Waals surface area (Å²) in [5.74, 6) is -0.306. The lowest BCUT2D eigenvalue weighted by Crippen LogP contribution is -2.49. The van der Waals surface area contributed by atoms with Crippen LogP contribution >= 0.6 is 0 Å². The van der Waals surface area contributed by atoms with Crippen LogP contribution < -0.4 is 10.6 Å². The molecule has 0 bridgehead atoms. The second-order valence-corrected chi connectivity index (χ2v) is 8.03. The van der Waals surface area contributed by atoms with Crippen LogP contribution in [-0.2, 0) is 10.3 Å². The van der Waals surface area contributed by atoms with Gasteiger partial charge in [0.15, 0.2) is 0 Å². The van der Waals surface area contributed by atoms with Gasteiger partial charge in [-0.3, -0.25) is 14.5 Å². The Labute approximate surface area is 176 Å². The van der Waals surface area contributed by atoms with Crippen LogP contribution in [0.4, 0.5) is 4.79 Å². The smallest absolute Gasteiger partial charge is 0.326 e. The molecule has 4 amide bonds. The highest BCUT2D eigenvalue weighted by Crippen LogP contribution is 2.29. The molecule has 0 unspecified atom stereocenters. The molecule has 2 saturated heterocycles. The number of imide groups is 1. The Kier molecular flexibility index (Phi) is 5.55. The van der Waals surface area contributed by atoms with Crippen molar-refractivity contribution >= 4 is 17.8 Å². The average Bonchev–Trinajstić information content (AvgIpc) is 3.00. The van der Waals surface area contributed by atoms with Crippen LogP contribution in [0, 0.1) is 0 Å². The Morgan fingerprint density at radius 2 is 1.63 bits per heavy atom. The molecule has 0 spiro atoms. The minimum atomic E-state index is -1.04. The molecule has 0 aromatic heterocycles. The first-order valence-corrected chi connectivity index (χ1v) is 10.3. The SMILES string of the molecule is C[C@@]1(c2ccccc2)NC(=O)N(CN2CCC(NC(=O)c3ccccc3)CC2)C1=O. The van der Waals surface area contributed by atoms with Gasteiger partial charge in [-0.15, -0.1) is 0 Å². The zero-order chi connectivity index (χ0) is 21.1. The molecule has 7 heteroatoms. The predicted molar refractivity (Wildman–Crippen MR) is 113 cm³/mol. The number of hydrogen-bond acceptors (Lipinski definition) is 4. The Balaban J connectivity index is 1.32. The van der Waals surface area contributed by atoms with Gasteiger partial charge in [0.1, 0.15) is 5.54 Å². The van der Waals surface area contributed by atoms with Crippen molar-refractivity contribution in [1.29, 1.82) is 0 Å². The molecule has 2 fully saturated rings. The fourth-order valence-electron chi connectivity index (χ4n) is 4.07. The molecule has 7 nitrogen and oxygen atoms in total. The van der Waals surface area contributed by atoms with Gasteiger partial charge in [-0.2, -0.15) is 0 Å². The molecule has 0 saturated carbocycles. The van der Waals surface area contributed by atoms with E-state index in [1.54, 1.807) is 19.1 Å². The van der Waals surface area contributed by atoms with Crippen molar-refractivity contribution in [3.8, 4) is 0 Å². The van der Waals surface area contributed by atoms with Gasteiger partial charge in [0.05, 0.1) is 6.67 Å². The third kappa shape index (κ3) is 3.93. The zero-order valence-electron chi connectivity index (χ0n) is 17.0. The van der Waals surface area contributed by atoms with Crippen LogP contribution in [0.1, 0.15) is 35.7 Å². The molecule has 2 aromatic carbocycles. The molecule has 2 aliphatic heterocycles. The third-order valence-electron chi connectivity index (χ3n) is 5.93. The van der Waals surface area contributed by atoms with Crippen LogP contribution in [0.3, 0.4) is 0 Å². The number of nitrogens with one attached hydrogen (secondary N) is 2. The molecule has 30 heavy (non-hydrogen) atoms. The first-order valence-electron chi connectivity index (χ1n) is 10.3. The highest BCUT2D eigenvalue weighted by Gasteiger charge is 2.49. The maximum Gasteiger partial charge on any atom is 0.326 e. The normalized spacial score (nSPS) is 22.8. The van der Waals surface area contributed by atoms with Crippen LogP contribution in [0.2, 0.25) is 0 Å². The largest absolute Gasteiger partial charge is 0.349 e. The minimum Gasteiger partial charge on any atom is -0.349 e. The Bertz CT molecular complexity index is 926. The summed E-state index contributed by atoms with van der Waals surface area (Å²) in [6.07, 6.45) is 1.55. The van der Waals surface area contributed by atoms with E-state index in [-0.39, 0.29) is 30.6 Å². The van der Waals surface area contributed by atoms with Crippen LogP contribution in [0.5, 0.6) is 0 Å². The van der Waals surface area contributed by atoms with E-state index in [2.05, 4.69) is 15.5 Å². The molecule has 0 aliphatic carbocycles. The van der Waals surface area contributed by atoms with E-state index in [0.717, 1.165) is 18.4 Å². The van der Waals surface area contributed by atoms with Crippen molar-refractivity contribution < 1.29 is 14.4 Å². The number of piperidine rings is 1. The number of carbonyl (C=O) groups is 3. The fraction of sp³-hybridized carbons (Fsp3) is 0.348. The lowest BCUT2D eigenvalue weighted by atomic mass is 9.92. The minimum absolute atomic E-state index is 0.0678. The van der Waals surface area contributed by atoms with Crippen molar-refractivity contribution in [3.63, 3.8) is 0 Å². The van der Waals surface area contributed by atoms with E-state index in [1.165, 1.54) is 4.90 Å². The van der Waals surface area contributed by atoms with Crippen LogP contribution in [0.25, 0.3) is 0 Å². The fourth-order valence-corrected chi connectivity index (χ4v) is 4.07. The Morgan fingerprint density at radius 3 is 2.27 bits per heavy atom. The molecule has 0 radical (unpaired) electrons. The van der Waals surface area contributed by atoms with Crippen LogP contribution in [-0.4, -0.2) is 53.4 Å². The van der Waals surface area contributed by atoms with E-state index in [1.807, 2.05) is 48.5 Å². The highest BCUT2D eigenvalue weighted by molar-refractivity contribution is 6.07. The summed E-state index contributed by atoms with van der Waals surface area (Å²) in [7, 11) is 0. The Hall–Kier alpha value is -3.19. The summed E-state index contributed by atoms with van der Waals surface area (Å²) >= 11 is 0. The maximum absolute atomic E-state index is 13.0. The lowest BCUT2D eigenvalue weighted by molar-refractivity contribution is -0.132. The van der Waals surface area contributed by atoms with Crippen molar-refractivity contribution in [3.05, 3.63) is 71.8 Å². The summed E-state index contributed by atoms with van der Waals surface area (Å²) in [6, 6.07) is 18.2. The van der Waals surface area contributed by atoms with Gasteiger partial charge in [0, 0.05) is 24.7 Å². The van der Waals surface area contributed by atoms with E-state index in [9.17, 15) is 14.4 Å². The predicted octanol–water partition coefficient (Wildman–Crippen LogP) is 2.31. The molecule has 2 heterocycles. The summed E-state index contributed by atoms with van der Waals surface area (Å²) in [4.78, 5) is 41.3. The zero-order valence-corrected chi connectivity index (χ0v) is 17.0. The number of likely N-dealkylation sites (tertiary alicyclic amines) is 1. The molecule has 4 rings (SSSR count). The van der Waals surface area contributed by atoms with Gasteiger partial charge < -0.3 is 10.6 Å². The number of nitrogens with zero attached hydrogens (tertiary/aromatic N) is 2. The first-order chi connectivity index (χ1) is 14.5. The van der Waals surface area contributed by atoms with Gasteiger partial charge in [0.25, 0.3) is 11.8 Å². The molecule has 156 valence electrons. The molecular weight excluding hydrogens is 380 g/mol. The topological polar surface area (TPSA) is 81.8 Å². The summed E-state index contributed by atoms with van der Waals surface area (Å²) < 4.78 is 0. The van der Waals surface area contributed by atoms with Gasteiger partial charge in [-0.1, -0.05) is 48.5 Å². The van der Waals surface area contributed by atoms with E-state index in [4.69, 9.17) is 0 Å². The standard InChI is InChI=1S/C23H26N4O3/c1-23(18-10-6-3-7-11-18)21(29)27(22(30)25-23)16-26-14-12-19(13-15-26)24-20(28)17-8-4-2-5-9-17/h2-11,19H,12-16H2,1H3,(H,24,28)(H,25,30)/t23-/m0/s1. The van der Waals surface area contributed by atoms with Gasteiger partial charge in [0.2, 0.25) is 0 Å². The maximum atomic E-state index is 13.0. The second kappa shape index (κ2) is 8.28. The summed E-state index contributed by atoms with van der Waals surface area (Å²) in [6.45, 7) is 3.41. The van der Waals surface area contributed by atoms with Gasteiger partial charge in [-0.05, 0) is 37.5 Å². The monoisotopic (exact) mass is 406 g/mol. The lowest BCUT2D eigenvalue weighted by Gasteiger charge is -2.34. The number of urea groups is 1. The number of hydrogen-bond donors (Lipinski definition) is 2. The van der Waals surface area contributed by atoms with Crippen molar-refractivity contribution in [1.82, 2.24) is 20.4 Å². The number of benzene rings is 2. The third-order valence-corrected chi connectivity index (χ3v) is 5.93. The van der Waals surface area contributed by atoms with Gasteiger partial charge >= 0.3 is 6.03 Å². The molecule has 2 aliphatic rings. The number of rotatable bonds is 5. The van der Waals surface area contributed by atoms with E-state index in [0.29, 0.717) is 18.7 Å². The van der Waals surface area contributed by atoms with Crippen molar-refractivity contribution in [2.45, 2.75) is 31.3 Å². The second-order valence-electron chi connectivity index (χ2n) is 8.03. The Morgan fingerprint density at radius 1 is 1.03 bits per heavy atom. The summed E-state index contributed by atoms with van der Waals surface area (Å²) in [5.41, 5.74) is 0.382. The highest BCUT2D eigenvalue weighted by atomic mass is 16.2. The van der Waals surface area contributed by atoms with Gasteiger partial charge in [-0.25, -0.2) is 9.69 Å². The number of carbonyl (C=O) groups excluding carboxylic acids is 3. The molecule has 2 N–H and O–H groups in total. The van der Waals surface area contributed by atoms with Crippen molar-refractivity contribution in [2.24, 2.45) is 0 Å². The van der Waals surface area contributed by atoms with Crippen LogP contribution in [0.15, 0.2) is 60.7 Å². The van der Waals surface area contributed by atoms with E-state index >= 15 is 0 Å². The molecule has 1 atom stereocenters.